The molecule has 0 radical (unpaired) electrons. The van der Waals surface area contributed by atoms with Gasteiger partial charge in [0.2, 0.25) is 5.13 Å². The number of benzene rings is 2. The Morgan fingerprint density at radius 1 is 1.00 bits per heavy atom. The van der Waals surface area contributed by atoms with Gasteiger partial charge in [0.1, 0.15) is 5.01 Å². The fraction of sp³-hybridized carbons (Fsp3) is 0.143. The van der Waals surface area contributed by atoms with Crippen LogP contribution < -0.4 is 5.32 Å². The molecule has 2 aromatic heterocycles. The number of amides is 1. The molecule has 1 amide bonds. The average Bonchev–Trinajstić information content (AvgIpc) is 3.16. The van der Waals surface area contributed by atoms with Crippen LogP contribution in [0.25, 0.3) is 21.5 Å². The summed E-state index contributed by atoms with van der Waals surface area (Å²) in [5.74, 6) is 0.0265. The van der Waals surface area contributed by atoms with E-state index in [4.69, 9.17) is 0 Å². The van der Waals surface area contributed by atoms with E-state index in [1.54, 1.807) is 0 Å². The third-order valence-electron chi connectivity index (χ3n) is 4.24. The number of hydrogen-bond acceptors (Lipinski definition) is 5. The number of pyridine rings is 1. The Labute approximate surface area is 161 Å². The van der Waals surface area contributed by atoms with Crippen LogP contribution >= 0.6 is 11.3 Å². The smallest absolute Gasteiger partial charge is 0.258 e. The van der Waals surface area contributed by atoms with Gasteiger partial charge in [0, 0.05) is 16.6 Å². The molecule has 0 spiro atoms. The highest BCUT2D eigenvalue weighted by Crippen LogP contribution is 2.27. The van der Waals surface area contributed by atoms with Crippen LogP contribution in [0, 0.1) is 0 Å². The van der Waals surface area contributed by atoms with Crippen LogP contribution in [0.4, 0.5) is 5.13 Å². The third kappa shape index (κ3) is 3.57. The Bertz CT molecular complexity index is 1110. The molecule has 0 bridgehead atoms. The van der Waals surface area contributed by atoms with E-state index in [1.807, 2.05) is 60.7 Å². The molecule has 27 heavy (non-hydrogen) atoms. The van der Waals surface area contributed by atoms with Gasteiger partial charge in [0.25, 0.3) is 5.91 Å². The van der Waals surface area contributed by atoms with Crippen LogP contribution in [0.2, 0.25) is 0 Å². The van der Waals surface area contributed by atoms with Crippen LogP contribution in [0.5, 0.6) is 0 Å². The van der Waals surface area contributed by atoms with Crippen molar-refractivity contribution < 1.29 is 4.79 Å². The first-order chi connectivity index (χ1) is 13.1. The van der Waals surface area contributed by atoms with Crippen LogP contribution in [-0.2, 0) is 0 Å². The summed E-state index contributed by atoms with van der Waals surface area (Å²) in [5, 5.41) is 13.3. The molecule has 1 N–H and O–H groups in total. The van der Waals surface area contributed by atoms with Crippen molar-refractivity contribution in [2.24, 2.45) is 0 Å². The number of rotatable bonds is 4. The first kappa shape index (κ1) is 17.3. The van der Waals surface area contributed by atoms with E-state index in [0.717, 1.165) is 27.2 Å². The zero-order valence-corrected chi connectivity index (χ0v) is 15.8. The number of fused-ring (bicyclic) bond motifs is 1. The van der Waals surface area contributed by atoms with E-state index < -0.39 is 0 Å². The summed E-state index contributed by atoms with van der Waals surface area (Å²) >= 11 is 1.36. The minimum absolute atomic E-state index is 0.203. The molecule has 0 aliphatic heterocycles. The van der Waals surface area contributed by atoms with Gasteiger partial charge in [-0.3, -0.25) is 15.1 Å². The number of carbonyl (C=O) groups is 1. The first-order valence-electron chi connectivity index (χ1n) is 8.72. The zero-order chi connectivity index (χ0) is 18.8. The highest BCUT2D eigenvalue weighted by molar-refractivity contribution is 7.18. The Hall–Kier alpha value is -3.12. The maximum absolute atomic E-state index is 12.9. The predicted octanol–water partition coefficient (Wildman–Crippen LogP) is 5.13. The van der Waals surface area contributed by atoms with E-state index in [0.29, 0.717) is 10.7 Å². The maximum atomic E-state index is 12.9. The SMILES string of the molecule is CC(C)c1cc(C(=O)Nc2nnc(-c3ccccc3)s2)c2ccccc2n1. The second-order valence-corrected chi connectivity index (χ2v) is 7.48. The Morgan fingerprint density at radius 3 is 2.52 bits per heavy atom. The standard InChI is InChI=1S/C21H18N4OS/c1-13(2)18-12-16(15-10-6-7-11-17(15)22-18)19(26)23-21-25-24-20(27-21)14-8-4-3-5-9-14/h3-13H,1-2H3,(H,23,25,26). The first-order valence-corrected chi connectivity index (χ1v) is 9.53. The second-order valence-electron chi connectivity index (χ2n) is 6.50. The molecule has 0 saturated carbocycles. The molecule has 2 aromatic carbocycles. The molecule has 0 unspecified atom stereocenters. The highest BCUT2D eigenvalue weighted by atomic mass is 32.1. The van der Waals surface area contributed by atoms with E-state index in [1.165, 1.54) is 11.3 Å². The van der Waals surface area contributed by atoms with E-state index in [2.05, 4.69) is 34.3 Å². The molecular formula is C21H18N4OS. The number of nitrogens with zero attached hydrogens (tertiary/aromatic N) is 3. The van der Waals surface area contributed by atoms with Gasteiger partial charge in [-0.1, -0.05) is 73.7 Å². The fourth-order valence-corrected chi connectivity index (χ4v) is 3.56. The molecular weight excluding hydrogens is 356 g/mol. The lowest BCUT2D eigenvalue weighted by Gasteiger charge is -2.11. The molecule has 2 heterocycles. The van der Waals surface area contributed by atoms with Crippen LogP contribution in [0.1, 0.15) is 35.8 Å². The third-order valence-corrected chi connectivity index (χ3v) is 5.13. The van der Waals surface area contributed by atoms with Gasteiger partial charge in [-0.05, 0) is 18.1 Å². The summed E-state index contributed by atoms with van der Waals surface area (Å²) in [7, 11) is 0. The summed E-state index contributed by atoms with van der Waals surface area (Å²) in [6.07, 6.45) is 0. The van der Waals surface area contributed by atoms with Gasteiger partial charge < -0.3 is 0 Å². The van der Waals surface area contributed by atoms with E-state index in [9.17, 15) is 4.79 Å². The molecule has 0 fully saturated rings. The average molecular weight is 374 g/mol. The molecule has 0 atom stereocenters. The zero-order valence-electron chi connectivity index (χ0n) is 15.0. The van der Waals surface area contributed by atoms with Gasteiger partial charge in [-0.25, -0.2) is 0 Å². The largest absolute Gasteiger partial charge is 0.296 e. The van der Waals surface area contributed by atoms with Crippen molar-refractivity contribution in [1.29, 1.82) is 0 Å². The summed E-state index contributed by atoms with van der Waals surface area (Å²) in [5.41, 5.74) is 3.28. The maximum Gasteiger partial charge on any atom is 0.258 e. The molecule has 0 aliphatic rings. The molecule has 134 valence electrons. The molecule has 4 rings (SSSR count). The van der Waals surface area contributed by atoms with Gasteiger partial charge >= 0.3 is 0 Å². The van der Waals surface area contributed by atoms with E-state index in [-0.39, 0.29) is 11.8 Å². The normalized spacial score (nSPS) is 11.1. The lowest BCUT2D eigenvalue weighted by Crippen LogP contribution is -2.13. The van der Waals surface area contributed by atoms with Gasteiger partial charge in [0.05, 0.1) is 11.1 Å². The number of hydrogen-bond donors (Lipinski definition) is 1. The van der Waals surface area contributed by atoms with Crippen molar-refractivity contribution in [3.63, 3.8) is 0 Å². The van der Waals surface area contributed by atoms with Crippen molar-refractivity contribution in [1.82, 2.24) is 15.2 Å². The summed E-state index contributed by atoms with van der Waals surface area (Å²) < 4.78 is 0. The Morgan fingerprint density at radius 2 is 1.74 bits per heavy atom. The number of para-hydroxylation sites is 1. The van der Waals surface area contributed by atoms with Crippen LogP contribution in [-0.4, -0.2) is 21.1 Å². The quantitative estimate of drug-likeness (QED) is 0.538. The minimum Gasteiger partial charge on any atom is -0.296 e. The molecule has 0 aliphatic carbocycles. The minimum atomic E-state index is -0.203. The Kier molecular flexibility index (Phi) is 4.64. The summed E-state index contributed by atoms with van der Waals surface area (Å²) in [4.78, 5) is 17.6. The monoisotopic (exact) mass is 374 g/mol. The number of nitrogens with one attached hydrogen (secondary N) is 1. The van der Waals surface area contributed by atoms with Crippen LogP contribution in [0.15, 0.2) is 60.7 Å². The van der Waals surface area contributed by atoms with Crippen molar-refractivity contribution in [2.75, 3.05) is 5.32 Å². The van der Waals surface area contributed by atoms with Crippen molar-refractivity contribution in [2.45, 2.75) is 19.8 Å². The van der Waals surface area contributed by atoms with Crippen LogP contribution in [0.3, 0.4) is 0 Å². The van der Waals surface area contributed by atoms with Gasteiger partial charge in [-0.15, -0.1) is 10.2 Å². The number of aromatic nitrogens is 3. The molecule has 6 heteroatoms. The summed E-state index contributed by atoms with van der Waals surface area (Å²) in [6, 6.07) is 19.3. The molecule has 0 saturated heterocycles. The van der Waals surface area contributed by atoms with Crippen molar-refractivity contribution >= 4 is 33.3 Å². The fourth-order valence-electron chi connectivity index (χ4n) is 2.82. The number of anilines is 1. The number of carbonyl (C=O) groups excluding carboxylic acids is 1. The highest BCUT2D eigenvalue weighted by Gasteiger charge is 2.16. The summed E-state index contributed by atoms with van der Waals surface area (Å²) in [6.45, 7) is 4.13. The molecule has 5 nitrogen and oxygen atoms in total. The lowest BCUT2D eigenvalue weighted by atomic mass is 10.0. The topological polar surface area (TPSA) is 67.8 Å². The predicted molar refractivity (Wildman–Crippen MR) is 109 cm³/mol. The lowest BCUT2D eigenvalue weighted by molar-refractivity contribution is 0.102. The Balaban J connectivity index is 1.67. The van der Waals surface area contributed by atoms with E-state index >= 15 is 0 Å². The van der Waals surface area contributed by atoms with Crippen molar-refractivity contribution in [3.05, 3.63) is 71.9 Å². The van der Waals surface area contributed by atoms with Crippen molar-refractivity contribution in [3.8, 4) is 10.6 Å². The molecule has 4 aromatic rings. The second kappa shape index (κ2) is 7.25. The van der Waals surface area contributed by atoms with Gasteiger partial charge in [-0.2, -0.15) is 0 Å². The van der Waals surface area contributed by atoms with Gasteiger partial charge in [0.15, 0.2) is 0 Å².